The number of rotatable bonds is 3. The van der Waals surface area contributed by atoms with Crippen LogP contribution in [0.25, 0.3) is 0 Å². The first kappa shape index (κ1) is 10.5. The molecule has 0 radical (unpaired) electrons. The van der Waals surface area contributed by atoms with Crippen molar-refractivity contribution < 1.29 is 14.6 Å². The summed E-state index contributed by atoms with van der Waals surface area (Å²) in [5, 5.41) is 8.73. The van der Waals surface area contributed by atoms with E-state index in [4.69, 9.17) is 9.84 Å². The maximum atomic E-state index is 10.6. The molecule has 4 nitrogen and oxygen atoms in total. The molecule has 0 atom stereocenters. The van der Waals surface area contributed by atoms with E-state index in [2.05, 4.69) is 4.90 Å². The fraction of sp³-hybridized carbons (Fsp3) is 0.889. The molecule has 1 N–H and O–H groups in total. The van der Waals surface area contributed by atoms with Crippen molar-refractivity contribution >= 4 is 5.97 Å². The molecular weight excluding hydrogens is 170 g/mol. The van der Waals surface area contributed by atoms with Crippen LogP contribution in [0.5, 0.6) is 0 Å². The Labute approximate surface area is 78.5 Å². The van der Waals surface area contributed by atoms with Gasteiger partial charge in [0.2, 0.25) is 0 Å². The Morgan fingerprint density at radius 3 is 2.46 bits per heavy atom. The van der Waals surface area contributed by atoms with Crippen molar-refractivity contribution in [3.63, 3.8) is 0 Å². The van der Waals surface area contributed by atoms with Gasteiger partial charge in [-0.2, -0.15) is 0 Å². The van der Waals surface area contributed by atoms with E-state index in [9.17, 15) is 4.79 Å². The SMILES string of the molecule is COC1(CC(=O)O)CCN(C)CC1. The highest BCUT2D eigenvalue weighted by Crippen LogP contribution is 2.28. The molecule has 0 bridgehead atoms. The van der Waals surface area contributed by atoms with Crippen molar-refractivity contribution in [1.82, 2.24) is 4.90 Å². The molecule has 0 aromatic rings. The number of methoxy groups -OCH3 is 1. The molecule has 76 valence electrons. The lowest BCUT2D eigenvalue weighted by Gasteiger charge is -2.38. The number of likely N-dealkylation sites (tertiary alicyclic amines) is 1. The van der Waals surface area contributed by atoms with Crippen LogP contribution in [0, 0.1) is 0 Å². The van der Waals surface area contributed by atoms with Crippen LogP contribution < -0.4 is 0 Å². The van der Waals surface area contributed by atoms with Crippen molar-refractivity contribution in [1.29, 1.82) is 0 Å². The number of hydrogen-bond acceptors (Lipinski definition) is 3. The number of ether oxygens (including phenoxy) is 1. The van der Waals surface area contributed by atoms with Crippen molar-refractivity contribution in [2.75, 3.05) is 27.2 Å². The molecule has 0 unspecified atom stereocenters. The van der Waals surface area contributed by atoms with Gasteiger partial charge in [0, 0.05) is 20.2 Å². The molecule has 1 fully saturated rings. The predicted octanol–water partition coefficient (Wildman–Crippen LogP) is 0.572. The molecule has 0 amide bonds. The van der Waals surface area contributed by atoms with E-state index >= 15 is 0 Å². The number of piperidine rings is 1. The summed E-state index contributed by atoms with van der Waals surface area (Å²) in [6, 6.07) is 0. The second-order valence-corrected chi connectivity index (χ2v) is 3.76. The van der Waals surface area contributed by atoms with Crippen LogP contribution in [0.4, 0.5) is 0 Å². The summed E-state index contributed by atoms with van der Waals surface area (Å²) in [6.45, 7) is 1.84. The monoisotopic (exact) mass is 187 g/mol. The van der Waals surface area contributed by atoms with Gasteiger partial charge in [-0.25, -0.2) is 0 Å². The molecule has 0 spiro atoms. The predicted molar refractivity (Wildman–Crippen MR) is 48.7 cm³/mol. The highest BCUT2D eigenvalue weighted by atomic mass is 16.5. The van der Waals surface area contributed by atoms with Gasteiger partial charge in [-0.15, -0.1) is 0 Å². The zero-order valence-electron chi connectivity index (χ0n) is 8.25. The first-order valence-electron chi connectivity index (χ1n) is 4.53. The van der Waals surface area contributed by atoms with Gasteiger partial charge in [-0.1, -0.05) is 0 Å². The van der Waals surface area contributed by atoms with Crippen molar-refractivity contribution in [2.24, 2.45) is 0 Å². The smallest absolute Gasteiger partial charge is 0.306 e. The van der Waals surface area contributed by atoms with Crippen LogP contribution in [0.3, 0.4) is 0 Å². The number of hydrogen-bond donors (Lipinski definition) is 1. The summed E-state index contributed by atoms with van der Waals surface area (Å²) < 4.78 is 5.33. The van der Waals surface area contributed by atoms with E-state index in [-0.39, 0.29) is 6.42 Å². The molecule has 1 heterocycles. The van der Waals surface area contributed by atoms with Crippen LogP contribution in [-0.4, -0.2) is 48.8 Å². The van der Waals surface area contributed by atoms with Gasteiger partial charge in [-0.3, -0.25) is 4.79 Å². The number of nitrogens with zero attached hydrogens (tertiary/aromatic N) is 1. The summed E-state index contributed by atoms with van der Waals surface area (Å²) in [5.74, 6) is -0.772. The van der Waals surface area contributed by atoms with Crippen LogP contribution in [0.1, 0.15) is 19.3 Å². The number of carboxylic acids is 1. The van der Waals surface area contributed by atoms with Gasteiger partial charge < -0.3 is 14.7 Å². The Morgan fingerprint density at radius 2 is 2.08 bits per heavy atom. The quantitative estimate of drug-likeness (QED) is 0.702. The van der Waals surface area contributed by atoms with Crippen LogP contribution in [0.15, 0.2) is 0 Å². The summed E-state index contributed by atoms with van der Waals surface area (Å²) in [6.07, 6.45) is 1.75. The lowest BCUT2D eigenvalue weighted by molar-refractivity contribution is -0.146. The molecule has 1 aliphatic rings. The molecule has 0 aromatic heterocycles. The normalized spacial score (nSPS) is 22.9. The molecule has 0 aliphatic carbocycles. The lowest BCUT2D eigenvalue weighted by atomic mass is 9.88. The second-order valence-electron chi connectivity index (χ2n) is 3.76. The Hall–Kier alpha value is -0.610. The topological polar surface area (TPSA) is 49.8 Å². The van der Waals surface area contributed by atoms with Crippen molar-refractivity contribution in [3.05, 3.63) is 0 Å². The average molecular weight is 187 g/mol. The molecule has 4 heteroatoms. The zero-order chi connectivity index (χ0) is 9.90. The van der Waals surface area contributed by atoms with Gasteiger partial charge in [0.1, 0.15) is 0 Å². The third kappa shape index (κ3) is 2.67. The Bertz CT molecular complexity index is 185. The van der Waals surface area contributed by atoms with Crippen LogP contribution in [-0.2, 0) is 9.53 Å². The maximum Gasteiger partial charge on any atom is 0.306 e. The molecule has 0 aromatic carbocycles. The van der Waals surface area contributed by atoms with Gasteiger partial charge in [0.05, 0.1) is 12.0 Å². The standard InChI is InChI=1S/C9H17NO3/c1-10-5-3-9(13-2,4-6-10)7-8(11)12/h3-7H2,1-2H3,(H,11,12). The lowest BCUT2D eigenvalue weighted by Crippen LogP contribution is -2.45. The van der Waals surface area contributed by atoms with Gasteiger partial charge in [0.15, 0.2) is 0 Å². The zero-order valence-corrected chi connectivity index (χ0v) is 8.25. The van der Waals surface area contributed by atoms with Gasteiger partial charge in [0.25, 0.3) is 0 Å². The average Bonchev–Trinajstić information content (AvgIpc) is 2.09. The highest BCUT2D eigenvalue weighted by molar-refractivity contribution is 5.68. The third-order valence-corrected chi connectivity index (χ3v) is 2.80. The minimum absolute atomic E-state index is 0.122. The van der Waals surface area contributed by atoms with E-state index < -0.39 is 11.6 Å². The van der Waals surface area contributed by atoms with Crippen LogP contribution >= 0.6 is 0 Å². The van der Waals surface area contributed by atoms with Crippen molar-refractivity contribution in [2.45, 2.75) is 24.9 Å². The first-order valence-corrected chi connectivity index (χ1v) is 4.53. The molecule has 1 aliphatic heterocycles. The van der Waals surface area contributed by atoms with Gasteiger partial charge >= 0.3 is 5.97 Å². The van der Waals surface area contributed by atoms with E-state index in [0.717, 1.165) is 25.9 Å². The summed E-state index contributed by atoms with van der Waals surface area (Å²) in [4.78, 5) is 12.8. The Kier molecular flexibility index (Phi) is 3.27. The molecule has 0 saturated carbocycles. The largest absolute Gasteiger partial charge is 0.481 e. The van der Waals surface area contributed by atoms with Crippen LogP contribution in [0.2, 0.25) is 0 Å². The Balaban J connectivity index is 2.55. The minimum atomic E-state index is -0.772. The highest BCUT2D eigenvalue weighted by Gasteiger charge is 2.35. The summed E-state index contributed by atoms with van der Waals surface area (Å²) in [5.41, 5.74) is -0.418. The number of carboxylic acid groups (broad SMARTS) is 1. The fourth-order valence-corrected chi connectivity index (χ4v) is 1.75. The summed E-state index contributed by atoms with van der Waals surface area (Å²) >= 11 is 0. The molecule has 13 heavy (non-hydrogen) atoms. The third-order valence-electron chi connectivity index (χ3n) is 2.80. The van der Waals surface area contributed by atoms with Gasteiger partial charge in [-0.05, 0) is 19.9 Å². The maximum absolute atomic E-state index is 10.6. The van der Waals surface area contributed by atoms with E-state index in [1.54, 1.807) is 7.11 Å². The Morgan fingerprint density at radius 1 is 1.54 bits per heavy atom. The first-order chi connectivity index (χ1) is 6.08. The fourth-order valence-electron chi connectivity index (χ4n) is 1.75. The molecule has 1 rings (SSSR count). The number of carbonyl (C=O) groups is 1. The van der Waals surface area contributed by atoms with Crippen molar-refractivity contribution in [3.8, 4) is 0 Å². The molecular formula is C9H17NO3. The van der Waals surface area contributed by atoms with E-state index in [1.807, 2.05) is 7.05 Å². The summed E-state index contributed by atoms with van der Waals surface area (Å²) in [7, 11) is 3.65. The molecule has 1 saturated heterocycles. The minimum Gasteiger partial charge on any atom is -0.481 e. The number of aliphatic carboxylic acids is 1. The van der Waals surface area contributed by atoms with E-state index in [0.29, 0.717) is 0 Å². The second kappa shape index (κ2) is 4.07. The van der Waals surface area contributed by atoms with E-state index in [1.165, 1.54) is 0 Å².